The van der Waals surface area contributed by atoms with Crippen molar-refractivity contribution in [2.45, 2.75) is 24.8 Å². The highest BCUT2D eigenvalue weighted by molar-refractivity contribution is 7.13. The van der Waals surface area contributed by atoms with E-state index in [4.69, 9.17) is 5.73 Å². The van der Waals surface area contributed by atoms with Gasteiger partial charge in [0.15, 0.2) is 0 Å². The molecule has 4 heteroatoms. The second-order valence-corrected chi connectivity index (χ2v) is 6.28. The Kier molecular flexibility index (Phi) is 3.59. The number of thiophene rings is 1. The molecule has 1 atom stereocenters. The molecule has 1 saturated heterocycles. The smallest absolute Gasteiger partial charge is 0.238 e. The van der Waals surface area contributed by atoms with Crippen LogP contribution in [0.2, 0.25) is 0 Å². The standard InChI is InChI=1S/C16H18N2OS/c17-15(19)16(8-2-9-18-16)11-12-4-6-13(7-5-12)14-3-1-10-20-14/h1,3-7,10,18H,2,8-9,11H2,(H2,17,19). The summed E-state index contributed by atoms with van der Waals surface area (Å²) in [5.41, 5.74) is 7.41. The number of nitrogens with two attached hydrogens (primary N) is 1. The van der Waals surface area contributed by atoms with Crippen LogP contribution in [0.1, 0.15) is 18.4 Å². The van der Waals surface area contributed by atoms with Gasteiger partial charge in [0, 0.05) is 4.88 Å². The Labute approximate surface area is 122 Å². The van der Waals surface area contributed by atoms with Gasteiger partial charge in [-0.15, -0.1) is 11.3 Å². The van der Waals surface area contributed by atoms with Crippen LogP contribution in [0.25, 0.3) is 10.4 Å². The van der Waals surface area contributed by atoms with Crippen LogP contribution >= 0.6 is 11.3 Å². The van der Waals surface area contributed by atoms with Crippen molar-refractivity contribution in [1.82, 2.24) is 5.32 Å². The minimum Gasteiger partial charge on any atom is -0.368 e. The van der Waals surface area contributed by atoms with Crippen LogP contribution in [-0.2, 0) is 11.2 Å². The number of nitrogens with one attached hydrogen (secondary N) is 1. The first-order valence-corrected chi connectivity index (χ1v) is 7.75. The Bertz CT molecular complexity index is 583. The number of hydrogen-bond donors (Lipinski definition) is 2. The van der Waals surface area contributed by atoms with Crippen molar-refractivity contribution in [3.05, 3.63) is 47.3 Å². The van der Waals surface area contributed by atoms with E-state index >= 15 is 0 Å². The average molecular weight is 286 g/mol. The third-order valence-corrected chi connectivity index (χ3v) is 4.90. The van der Waals surface area contributed by atoms with E-state index in [2.05, 4.69) is 47.1 Å². The van der Waals surface area contributed by atoms with Crippen LogP contribution in [0.15, 0.2) is 41.8 Å². The molecule has 3 nitrogen and oxygen atoms in total. The molecule has 1 aliphatic rings. The third-order valence-electron chi connectivity index (χ3n) is 3.98. The molecule has 20 heavy (non-hydrogen) atoms. The quantitative estimate of drug-likeness (QED) is 0.907. The van der Waals surface area contributed by atoms with Gasteiger partial charge in [-0.05, 0) is 48.4 Å². The van der Waals surface area contributed by atoms with E-state index in [1.165, 1.54) is 10.4 Å². The van der Waals surface area contributed by atoms with E-state index in [9.17, 15) is 4.79 Å². The number of amides is 1. The largest absolute Gasteiger partial charge is 0.368 e. The number of benzene rings is 1. The predicted molar refractivity (Wildman–Crippen MR) is 82.6 cm³/mol. The van der Waals surface area contributed by atoms with Gasteiger partial charge >= 0.3 is 0 Å². The molecule has 3 N–H and O–H groups in total. The maximum absolute atomic E-state index is 11.7. The maximum Gasteiger partial charge on any atom is 0.238 e. The Morgan fingerprint density at radius 1 is 1.30 bits per heavy atom. The van der Waals surface area contributed by atoms with Gasteiger partial charge in [0.1, 0.15) is 5.54 Å². The highest BCUT2D eigenvalue weighted by atomic mass is 32.1. The SMILES string of the molecule is NC(=O)C1(Cc2ccc(-c3cccs3)cc2)CCCN1. The minimum absolute atomic E-state index is 0.239. The topological polar surface area (TPSA) is 55.1 Å². The molecule has 0 aliphatic carbocycles. The Hall–Kier alpha value is -1.65. The van der Waals surface area contributed by atoms with Gasteiger partial charge in [0.25, 0.3) is 0 Å². The van der Waals surface area contributed by atoms with Crippen molar-refractivity contribution in [3.63, 3.8) is 0 Å². The normalized spacial score (nSPS) is 22.0. The molecule has 1 fully saturated rings. The monoisotopic (exact) mass is 286 g/mol. The fourth-order valence-electron chi connectivity index (χ4n) is 2.83. The zero-order chi connectivity index (χ0) is 14.0. The summed E-state index contributed by atoms with van der Waals surface area (Å²) < 4.78 is 0. The van der Waals surface area contributed by atoms with E-state index in [1.54, 1.807) is 11.3 Å². The molecule has 2 heterocycles. The number of hydrogen-bond acceptors (Lipinski definition) is 3. The summed E-state index contributed by atoms with van der Waals surface area (Å²) in [6.07, 6.45) is 2.51. The number of primary amides is 1. The van der Waals surface area contributed by atoms with Gasteiger partial charge in [-0.2, -0.15) is 0 Å². The molecule has 0 radical (unpaired) electrons. The van der Waals surface area contributed by atoms with Crippen LogP contribution in [0.4, 0.5) is 0 Å². The van der Waals surface area contributed by atoms with Crippen LogP contribution in [0.5, 0.6) is 0 Å². The lowest BCUT2D eigenvalue weighted by Crippen LogP contribution is -2.53. The molecule has 1 aromatic heterocycles. The molecule has 1 aliphatic heterocycles. The van der Waals surface area contributed by atoms with Crippen molar-refractivity contribution in [2.24, 2.45) is 5.73 Å². The molecule has 0 bridgehead atoms. The molecule has 0 spiro atoms. The minimum atomic E-state index is -0.551. The fourth-order valence-corrected chi connectivity index (χ4v) is 3.57. The van der Waals surface area contributed by atoms with E-state index in [-0.39, 0.29) is 5.91 Å². The zero-order valence-electron chi connectivity index (χ0n) is 11.3. The Balaban J connectivity index is 1.80. The van der Waals surface area contributed by atoms with Crippen molar-refractivity contribution >= 4 is 17.2 Å². The van der Waals surface area contributed by atoms with Crippen LogP contribution in [0.3, 0.4) is 0 Å². The van der Waals surface area contributed by atoms with Crippen molar-refractivity contribution in [1.29, 1.82) is 0 Å². The van der Waals surface area contributed by atoms with Gasteiger partial charge in [-0.25, -0.2) is 0 Å². The first-order chi connectivity index (χ1) is 9.70. The lowest BCUT2D eigenvalue weighted by Gasteiger charge is -2.25. The van der Waals surface area contributed by atoms with Gasteiger partial charge in [0.05, 0.1) is 0 Å². The first kappa shape index (κ1) is 13.3. The van der Waals surface area contributed by atoms with E-state index in [0.29, 0.717) is 6.42 Å². The fraction of sp³-hybridized carbons (Fsp3) is 0.312. The van der Waals surface area contributed by atoms with Gasteiger partial charge in [-0.1, -0.05) is 30.3 Å². The lowest BCUT2D eigenvalue weighted by molar-refractivity contribution is -0.123. The van der Waals surface area contributed by atoms with Crippen molar-refractivity contribution in [3.8, 4) is 10.4 Å². The number of carbonyl (C=O) groups is 1. The Morgan fingerprint density at radius 2 is 2.10 bits per heavy atom. The second-order valence-electron chi connectivity index (χ2n) is 5.33. The first-order valence-electron chi connectivity index (χ1n) is 6.87. The molecule has 3 rings (SSSR count). The van der Waals surface area contributed by atoms with Crippen LogP contribution < -0.4 is 11.1 Å². The second kappa shape index (κ2) is 5.38. The van der Waals surface area contributed by atoms with Crippen LogP contribution in [-0.4, -0.2) is 18.0 Å². The van der Waals surface area contributed by atoms with E-state index in [0.717, 1.165) is 24.9 Å². The molecular formula is C16H18N2OS. The molecular weight excluding hydrogens is 268 g/mol. The molecule has 1 aromatic carbocycles. The number of carbonyl (C=O) groups excluding carboxylic acids is 1. The average Bonchev–Trinajstić information content (AvgIpc) is 3.11. The van der Waals surface area contributed by atoms with Gasteiger partial charge in [0.2, 0.25) is 5.91 Å². The summed E-state index contributed by atoms with van der Waals surface area (Å²) in [7, 11) is 0. The maximum atomic E-state index is 11.7. The summed E-state index contributed by atoms with van der Waals surface area (Å²) in [5, 5.41) is 5.36. The highest BCUT2D eigenvalue weighted by Gasteiger charge is 2.39. The summed E-state index contributed by atoms with van der Waals surface area (Å²) >= 11 is 1.73. The highest BCUT2D eigenvalue weighted by Crippen LogP contribution is 2.27. The zero-order valence-corrected chi connectivity index (χ0v) is 12.1. The Morgan fingerprint density at radius 3 is 2.65 bits per heavy atom. The molecule has 1 unspecified atom stereocenters. The van der Waals surface area contributed by atoms with Crippen molar-refractivity contribution in [2.75, 3.05) is 6.54 Å². The molecule has 2 aromatic rings. The third kappa shape index (κ3) is 2.49. The molecule has 0 saturated carbocycles. The van der Waals surface area contributed by atoms with Crippen molar-refractivity contribution < 1.29 is 4.79 Å². The van der Waals surface area contributed by atoms with E-state index < -0.39 is 5.54 Å². The number of rotatable bonds is 4. The molecule has 1 amide bonds. The van der Waals surface area contributed by atoms with Crippen LogP contribution in [0, 0.1) is 0 Å². The predicted octanol–water partition coefficient (Wildman–Crippen LogP) is 2.57. The van der Waals surface area contributed by atoms with E-state index in [1.807, 2.05) is 0 Å². The van der Waals surface area contributed by atoms with Gasteiger partial charge < -0.3 is 11.1 Å². The summed E-state index contributed by atoms with van der Waals surface area (Å²) in [4.78, 5) is 13.0. The summed E-state index contributed by atoms with van der Waals surface area (Å²) in [5.74, 6) is -0.239. The lowest BCUT2D eigenvalue weighted by atomic mass is 9.88. The van der Waals surface area contributed by atoms with Gasteiger partial charge in [-0.3, -0.25) is 4.79 Å². The summed E-state index contributed by atoms with van der Waals surface area (Å²) in [6.45, 7) is 0.871. The molecule has 104 valence electrons. The summed E-state index contributed by atoms with van der Waals surface area (Å²) in [6, 6.07) is 12.6.